The Bertz CT molecular complexity index is 573. The van der Waals surface area contributed by atoms with Crippen molar-refractivity contribution >= 4 is 10.0 Å². The average Bonchev–Trinajstić information content (AvgIpc) is 2.54. The topological polar surface area (TPSA) is 40.6 Å². The summed E-state index contributed by atoms with van der Waals surface area (Å²) in [6.07, 6.45) is 1.10. The highest BCUT2D eigenvalue weighted by molar-refractivity contribution is 7.89. The van der Waals surface area contributed by atoms with E-state index in [0.29, 0.717) is 29.9 Å². The Kier molecular flexibility index (Phi) is 5.64. The van der Waals surface area contributed by atoms with Gasteiger partial charge in [0.15, 0.2) is 0 Å². The van der Waals surface area contributed by atoms with Crippen LogP contribution in [0.4, 0.5) is 0 Å². The molecule has 0 radical (unpaired) electrons. The number of nitrogens with zero attached hydrogens (tertiary/aromatic N) is 2. The number of rotatable bonds is 5. The fraction of sp³-hybridized carbons (Fsp3) is 0.647. The third-order valence-corrected chi connectivity index (χ3v) is 6.58. The maximum Gasteiger partial charge on any atom is 0.243 e. The van der Waals surface area contributed by atoms with E-state index < -0.39 is 10.0 Å². The van der Waals surface area contributed by atoms with Crippen molar-refractivity contribution in [3.05, 3.63) is 29.8 Å². The molecule has 1 fully saturated rings. The van der Waals surface area contributed by atoms with Gasteiger partial charge in [0.1, 0.15) is 0 Å². The molecule has 1 aliphatic rings. The molecule has 1 aliphatic heterocycles. The summed E-state index contributed by atoms with van der Waals surface area (Å²) in [5.74, 6) is 0.413. The Balaban J connectivity index is 2.08. The zero-order valence-corrected chi connectivity index (χ0v) is 14.9. The maximum atomic E-state index is 12.7. The van der Waals surface area contributed by atoms with Gasteiger partial charge in [-0.05, 0) is 37.0 Å². The molecule has 0 aromatic heterocycles. The molecular weight excluding hydrogens is 296 g/mol. The van der Waals surface area contributed by atoms with Crippen LogP contribution in [0.15, 0.2) is 29.2 Å². The summed E-state index contributed by atoms with van der Waals surface area (Å²) >= 11 is 0. The van der Waals surface area contributed by atoms with E-state index in [1.54, 1.807) is 16.4 Å². The van der Waals surface area contributed by atoms with Crippen molar-refractivity contribution in [3.63, 3.8) is 0 Å². The minimum Gasteiger partial charge on any atom is -0.298 e. The van der Waals surface area contributed by atoms with Gasteiger partial charge in [-0.1, -0.05) is 32.9 Å². The second kappa shape index (κ2) is 7.11. The normalized spacial score (nSPS) is 19.5. The first-order valence-corrected chi connectivity index (χ1v) is 9.64. The first-order chi connectivity index (χ1) is 10.4. The van der Waals surface area contributed by atoms with Gasteiger partial charge in [0.05, 0.1) is 4.90 Å². The van der Waals surface area contributed by atoms with Crippen LogP contribution in [-0.4, -0.2) is 49.8 Å². The lowest BCUT2D eigenvalue weighted by Crippen LogP contribution is -2.51. The lowest BCUT2D eigenvalue weighted by Gasteiger charge is -2.37. The van der Waals surface area contributed by atoms with E-state index in [-0.39, 0.29) is 0 Å². The van der Waals surface area contributed by atoms with Gasteiger partial charge < -0.3 is 0 Å². The largest absolute Gasteiger partial charge is 0.298 e. The summed E-state index contributed by atoms with van der Waals surface area (Å²) in [4.78, 5) is 2.78. The Hall–Kier alpha value is -0.910. The Morgan fingerprint density at radius 2 is 1.55 bits per heavy atom. The lowest BCUT2D eigenvalue weighted by atomic mass is 10.0. The zero-order valence-electron chi connectivity index (χ0n) is 14.1. The van der Waals surface area contributed by atoms with Gasteiger partial charge in [-0.3, -0.25) is 4.90 Å². The van der Waals surface area contributed by atoms with Gasteiger partial charge in [-0.25, -0.2) is 8.42 Å². The molecular formula is C17H28N2O2S. The van der Waals surface area contributed by atoms with Gasteiger partial charge in [-0.2, -0.15) is 4.31 Å². The number of hydrogen-bond donors (Lipinski definition) is 0. The van der Waals surface area contributed by atoms with Gasteiger partial charge >= 0.3 is 0 Å². The highest BCUT2D eigenvalue weighted by Crippen LogP contribution is 2.21. The monoisotopic (exact) mass is 324 g/mol. The molecule has 1 atom stereocenters. The number of hydrogen-bond acceptors (Lipinski definition) is 3. The Labute approximate surface area is 135 Å². The molecule has 5 heteroatoms. The van der Waals surface area contributed by atoms with Crippen molar-refractivity contribution in [2.24, 2.45) is 0 Å². The molecule has 124 valence electrons. The molecule has 0 aliphatic carbocycles. The summed E-state index contributed by atoms with van der Waals surface area (Å²) in [7, 11) is -3.35. The van der Waals surface area contributed by atoms with Crippen molar-refractivity contribution in [2.45, 2.75) is 51.0 Å². The van der Waals surface area contributed by atoms with Crippen LogP contribution in [0.2, 0.25) is 0 Å². The van der Waals surface area contributed by atoms with Crippen molar-refractivity contribution < 1.29 is 8.42 Å². The molecule has 2 rings (SSSR count). The standard InChI is InChI=1S/C17H28N2O2S/c1-5-15(4)18-10-12-19(13-11-18)22(20,21)17-8-6-16(7-9-17)14(2)3/h6-9,14-15H,5,10-13H2,1-4H3. The molecule has 22 heavy (non-hydrogen) atoms. The van der Waals surface area contributed by atoms with Gasteiger partial charge in [0.25, 0.3) is 0 Å². The van der Waals surface area contributed by atoms with Crippen LogP contribution in [0.25, 0.3) is 0 Å². The van der Waals surface area contributed by atoms with E-state index in [1.807, 2.05) is 12.1 Å². The highest BCUT2D eigenvalue weighted by Gasteiger charge is 2.29. The van der Waals surface area contributed by atoms with Gasteiger partial charge in [0.2, 0.25) is 10.0 Å². The van der Waals surface area contributed by atoms with Crippen molar-refractivity contribution in [3.8, 4) is 0 Å². The Morgan fingerprint density at radius 3 is 2.00 bits per heavy atom. The van der Waals surface area contributed by atoms with E-state index in [1.165, 1.54) is 5.56 Å². The first-order valence-electron chi connectivity index (χ1n) is 8.20. The van der Waals surface area contributed by atoms with Crippen molar-refractivity contribution in [1.82, 2.24) is 9.21 Å². The van der Waals surface area contributed by atoms with E-state index in [0.717, 1.165) is 19.5 Å². The molecule has 1 aromatic carbocycles. The molecule has 0 saturated carbocycles. The summed E-state index contributed by atoms with van der Waals surface area (Å²) in [5.41, 5.74) is 1.17. The smallest absolute Gasteiger partial charge is 0.243 e. The van der Waals surface area contributed by atoms with Crippen molar-refractivity contribution in [1.29, 1.82) is 0 Å². The molecule has 4 nitrogen and oxygen atoms in total. The lowest BCUT2D eigenvalue weighted by molar-refractivity contribution is 0.142. The quantitative estimate of drug-likeness (QED) is 0.836. The second-order valence-corrected chi connectivity index (χ2v) is 8.36. The van der Waals surface area contributed by atoms with Crippen LogP contribution < -0.4 is 0 Å². The van der Waals surface area contributed by atoms with Gasteiger partial charge in [-0.15, -0.1) is 0 Å². The van der Waals surface area contributed by atoms with Crippen molar-refractivity contribution in [2.75, 3.05) is 26.2 Å². The van der Waals surface area contributed by atoms with Crippen LogP contribution in [0.3, 0.4) is 0 Å². The molecule has 1 unspecified atom stereocenters. The van der Waals surface area contributed by atoms with Crippen LogP contribution in [0, 0.1) is 0 Å². The zero-order chi connectivity index (χ0) is 16.3. The molecule has 0 amide bonds. The fourth-order valence-corrected chi connectivity index (χ4v) is 4.24. The molecule has 0 bridgehead atoms. The van der Waals surface area contributed by atoms with Crippen LogP contribution in [0.1, 0.15) is 45.6 Å². The number of piperazine rings is 1. The molecule has 1 saturated heterocycles. The van der Waals surface area contributed by atoms with Crippen LogP contribution >= 0.6 is 0 Å². The highest BCUT2D eigenvalue weighted by atomic mass is 32.2. The minimum atomic E-state index is -3.35. The summed E-state index contributed by atoms with van der Waals surface area (Å²) in [6, 6.07) is 7.85. The molecule has 0 spiro atoms. The third-order valence-electron chi connectivity index (χ3n) is 4.67. The predicted octanol–water partition coefficient (Wildman–Crippen LogP) is 2.91. The Morgan fingerprint density at radius 1 is 1.00 bits per heavy atom. The minimum absolute atomic E-state index is 0.411. The van der Waals surface area contributed by atoms with E-state index >= 15 is 0 Å². The van der Waals surface area contributed by atoms with E-state index in [9.17, 15) is 8.42 Å². The number of sulfonamides is 1. The molecule has 0 N–H and O–H groups in total. The molecule has 1 aromatic rings. The second-order valence-electron chi connectivity index (χ2n) is 6.42. The summed E-state index contributed by atoms with van der Waals surface area (Å²) in [6.45, 7) is 11.4. The van der Waals surface area contributed by atoms with E-state index in [4.69, 9.17) is 0 Å². The predicted molar refractivity (Wildman–Crippen MR) is 90.6 cm³/mol. The first kappa shape index (κ1) is 17.4. The SMILES string of the molecule is CCC(C)N1CCN(S(=O)(=O)c2ccc(C(C)C)cc2)CC1. The van der Waals surface area contributed by atoms with E-state index in [2.05, 4.69) is 32.6 Å². The summed E-state index contributed by atoms with van der Waals surface area (Å²) in [5, 5.41) is 0. The fourth-order valence-electron chi connectivity index (χ4n) is 2.82. The van der Waals surface area contributed by atoms with Gasteiger partial charge in [0, 0.05) is 32.2 Å². The van der Waals surface area contributed by atoms with Crippen LogP contribution in [-0.2, 0) is 10.0 Å². The summed E-state index contributed by atoms with van der Waals surface area (Å²) < 4.78 is 27.1. The van der Waals surface area contributed by atoms with Crippen LogP contribution in [0.5, 0.6) is 0 Å². The average molecular weight is 324 g/mol. The number of benzene rings is 1. The maximum absolute atomic E-state index is 12.7. The molecule has 1 heterocycles. The third kappa shape index (κ3) is 3.70.